The number of hydrogen-bond donors (Lipinski definition) is 0. The van der Waals surface area contributed by atoms with Crippen LogP contribution >= 0.6 is 11.6 Å². The van der Waals surface area contributed by atoms with E-state index in [9.17, 15) is 0 Å². The van der Waals surface area contributed by atoms with Crippen LogP contribution in [0.4, 0.5) is 0 Å². The molecule has 0 aromatic heterocycles. The first kappa shape index (κ1) is 13.8. The lowest BCUT2D eigenvalue weighted by molar-refractivity contribution is 0.410. The maximum absolute atomic E-state index is 5.83. The molecule has 0 aliphatic heterocycles. The Morgan fingerprint density at radius 3 is 2.16 bits per heavy atom. The van der Waals surface area contributed by atoms with Crippen LogP contribution in [-0.4, -0.2) is 14.2 Å². The van der Waals surface area contributed by atoms with E-state index in [1.165, 1.54) is 5.56 Å². The van der Waals surface area contributed by atoms with Gasteiger partial charge in [0.15, 0.2) is 0 Å². The Morgan fingerprint density at radius 1 is 0.895 bits per heavy atom. The molecule has 0 saturated carbocycles. The number of benzene rings is 2. The van der Waals surface area contributed by atoms with E-state index in [1.807, 2.05) is 24.3 Å². The average Bonchev–Trinajstić information content (AvgIpc) is 2.48. The van der Waals surface area contributed by atoms with Crippen molar-refractivity contribution in [1.82, 2.24) is 0 Å². The normalized spacial score (nSPS) is 10.3. The number of rotatable bonds is 5. The van der Waals surface area contributed by atoms with Crippen molar-refractivity contribution in [2.45, 2.75) is 12.3 Å². The molecule has 2 rings (SSSR count). The molecular formula is C16H17ClO2. The molecule has 0 unspecified atom stereocenters. The molecule has 0 spiro atoms. The van der Waals surface area contributed by atoms with Crippen molar-refractivity contribution in [3.8, 4) is 11.5 Å². The third-order valence-corrected chi connectivity index (χ3v) is 3.37. The van der Waals surface area contributed by atoms with Gasteiger partial charge in [0.2, 0.25) is 0 Å². The van der Waals surface area contributed by atoms with Crippen molar-refractivity contribution in [2.75, 3.05) is 14.2 Å². The van der Waals surface area contributed by atoms with Crippen molar-refractivity contribution in [2.24, 2.45) is 0 Å². The molecule has 0 aliphatic carbocycles. The van der Waals surface area contributed by atoms with Crippen molar-refractivity contribution >= 4 is 11.6 Å². The van der Waals surface area contributed by atoms with Gasteiger partial charge in [-0.2, -0.15) is 0 Å². The highest BCUT2D eigenvalue weighted by Gasteiger charge is 2.05. The number of methoxy groups -OCH3 is 2. The van der Waals surface area contributed by atoms with E-state index in [0.29, 0.717) is 5.88 Å². The van der Waals surface area contributed by atoms with Crippen molar-refractivity contribution in [3.63, 3.8) is 0 Å². The minimum Gasteiger partial charge on any atom is -0.497 e. The predicted molar refractivity (Wildman–Crippen MR) is 78.4 cm³/mol. The molecular weight excluding hydrogens is 260 g/mol. The van der Waals surface area contributed by atoms with E-state index >= 15 is 0 Å². The zero-order valence-electron chi connectivity index (χ0n) is 11.2. The molecule has 0 amide bonds. The Balaban J connectivity index is 2.21. The van der Waals surface area contributed by atoms with Crippen LogP contribution in [0, 0.1) is 0 Å². The van der Waals surface area contributed by atoms with Crippen LogP contribution in [0.25, 0.3) is 0 Å². The second kappa shape index (κ2) is 6.48. The molecule has 2 nitrogen and oxygen atoms in total. The van der Waals surface area contributed by atoms with Crippen LogP contribution in [0.1, 0.15) is 16.7 Å². The zero-order valence-corrected chi connectivity index (χ0v) is 11.9. The van der Waals surface area contributed by atoms with Gasteiger partial charge in [-0.15, -0.1) is 11.6 Å². The molecule has 2 aromatic rings. The molecule has 0 radical (unpaired) electrons. The molecule has 0 aliphatic rings. The Hall–Kier alpha value is -1.67. The first-order chi connectivity index (χ1) is 9.26. The summed E-state index contributed by atoms with van der Waals surface area (Å²) in [6.07, 6.45) is 0.829. The van der Waals surface area contributed by atoms with Crippen LogP contribution in [0.5, 0.6) is 11.5 Å². The summed E-state index contributed by atoms with van der Waals surface area (Å²) in [5, 5.41) is 0. The summed E-state index contributed by atoms with van der Waals surface area (Å²) in [5.41, 5.74) is 3.44. The average molecular weight is 277 g/mol. The maximum Gasteiger partial charge on any atom is 0.122 e. The first-order valence-corrected chi connectivity index (χ1v) is 6.65. The van der Waals surface area contributed by atoms with Crippen molar-refractivity contribution < 1.29 is 9.47 Å². The zero-order chi connectivity index (χ0) is 13.7. The van der Waals surface area contributed by atoms with Crippen LogP contribution in [0.2, 0.25) is 0 Å². The quantitative estimate of drug-likeness (QED) is 0.768. The van der Waals surface area contributed by atoms with Gasteiger partial charge in [-0.1, -0.05) is 24.3 Å². The molecule has 0 heterocycles. The van der Waals surface area contributed by atoms with E-state index in [4.69, 9.17) is 21.1 Å². The van der Waals surface area contributed by atoms with Gasteiger partial charge < -0.3 is 9.47 Å². The lowest BCUT2D eigenvalue weighted by atomic mass is 10.0. The van der Waals surface area contributed by atoms with Gasteiger partial charge in [-0.25, -0.2) is 0 Å². The van der Waals surface area contributed by atoms with Gasteiger partial charge in [0.25, 0.3) is 0 Å². The van der Waals surface area contributed by atoms with Crippen LogP contribution < -0.4 is 9.47 Å². The second-order valence-electron chi connectivity index (χ2n) is 4.30. The summed E-state index contributed by atoms with van der Waals surface area (Å²) < 4.78 is 10.6. The van der Waals surface area contributed by atoms with Crippen molar-refractivity contribution in [1.29, 1.82) is 0 Å². The lowest BCUT2D eigenvalue weighted by Gasteiger charge is -2.10. The monoisotopic (exact) mass is 276 g/mol. The van der Waals surface area contributed by atoms with Gasteiger partial charge in [0.1, 0.15) is 11.5 Å². The number of alkyl halides is 1. The Labute approximate surface area is 118 Å². The molecule has 0 fully saturated rings. The SMILES string of the molecule is COc1ccc(Cc2ccc(CCl)cc2OC)cc1. The van der Waals surface area contributed by atoms with Gasteiger partial charge in [-0.05, 0) is 34.9 Å². The highest BCUT2D eigenvalue weighted by molar-refractivity contribution is 6.17. The summed E-state index contributed by atoms with van der Waals surface area (Å²) >= 11 is 5.83. The largest absolute Gasteiger partial charge is 0.497 e. The summed E-state index contributed by atoms with van der Waals surface area (Å²) in [6, 6.07) is 14.2. The predicted octanol–water partition coefficient (Wildman–Crippen LogP) is 4.03. The second-order valence-corrected chi connectivity index (χ2v) is 4.57. The Kier molecular flexibility index (Phi) is 4.69. The maximum atomic E-state index is 5.83. The third kappa shape index (κ3) is 3.42. The molecule has 0 saturated heterocycles. The topological polar surface area (TPSA) is 18.5 Å². The molecule has 19 heavy (non-hydrogen) atoms. The Bertz CT molecular complexity index is 535. The van der Waals surface area contributed by atoms with Gasteiger partial charge in [0.05, 0.1) is 14.2 Å². The summed E-state index contributed by atoms with van der Waals surface area (Å²) in [5.74, 6) is 2.25. The highest BCUT2D eigenvalue weighted by Crippen LogP contribution is 2.24. The minimum absolute atomic E-state index is 0.499. The number of hydrogen-bond acceptors (Lipinski definition) is 2. The minimum atomic E-state index is 0.499. The third-order valence-electron chi connectivity index (χ3n) is 3.06. The standard InChI is InChI=1S/C16H17ClO2/c1-18-15-7-4-12(5-8-15)9-14-6-3-13(11-17)10-16(14)19-2/h3-8,10H,9,11H2,1-2H3. The first-order valence-electron chi connectivity index (χ1n) is 6.11. The number of ether oxygens (including phenoxy) is 2. The Morgan fingerprint density at radius 2 is 1.58 bits per heavy atom. The number of halogens is 1. The van der Waals surface area contributed by atoms with E-state index < -0.39 is 0 Å². The van der Waals surface area contributed by atoms with E-state index in [2.05, 4.69) is 18.2 Å². The molecule has 3 heteroatoms. The van der Waals surface area contributed by atoms with Gasteiger partial charge in [0, 0.05) is 12.3 Å². The van der Waals surface area contributed by atoms with E-state index in [1.54, 1.807) is 14.2 Å². The van der Waals surface area contributed by atoms with Gasteiger partial charge in [-0.3, -0.25) is 0 Å². The van der Waals surface area contributed by atoms with Crippen molar-refractivity contribution in [3.05, 3.63) is 59.2 Å². The highest BCUT2D eigenvalue weighted by atomic mass is 35.5. The lowest BCUT2D eigenvalue weighted by Crippen LogP contribution is -1.95. The fourth-order valence-electron chi connectivity index (χ4n) is 1.98. The molecule has 100 valence electrons. The fourth-order valence-corrected chi connectivity index (χ4v) is 2.15. The molecule has 0 bridgehead atoms. The smallest absolute Gasteiger partial charge is 0.122 e. The van der Waals surface area contributed by atoms with Crippen LogP contribution in [0.3, 0.4) is 0 Å². The molecule has 0 N–H and O–H groups in total. The van der Waals surface area contributed by atoms with E-state index in [0.717, 1.165) is 29.0 Å². The summed E-state index contributed by atoms with van der Waals surface area (Å²) in [4.78, 5) is 0. The summed E-state index contributed by atoms with van der Waals surface area (Å²) in [6.45, 7) is 0. The molecule has 2 aromatic carbocycles. The van der Waals surface area contributed by atoms with Crippen LogP contribution in [-0.2, 0) is 12.3 Å². The molecule has 0 atom stereocenters. The fraction of sp³-hybridized carbons (Fsp3) is 0.250. The van der Waals surface area contributed by atoms with Crippen LogP contribution in [0.15, 0.2) is 42.5 Å². The summed E-state index contributed by atoms with van der Waals surface area (Å²) in [7, 11) is 3.35. The van der Waals surface area contributed by atoms with Gasteiger partial charge >= 0.3 is 0 Å². The van der Waals surface area contributed by atoms with E-state index in [-0.39, 0.29) is 0 Å².